The number of carbonyl (C=O) groups excluding carboxylic acids is 1. The molecule has 1 aliphatic rings. The average molecular weight is 287 g/mol. The Morgan fingerprint density at radius 3 is 2.79 bits per heavy atom. The fourth-order valence-corrected chi connectivity index (χ4v) is 3.03. The maximum absolute atomic E-state index is 11.5. The summed E-state index contributed by atoms with van der Waals surface area (Å²) in [4.78, 5) is 10.9. The number of primary amides is 1. The first kappa shape index (κ1) is 11.9. The molecular formula is C6H11BrN2O4S. The third-order valence-electron chi connectivity index (χ3n) is 1.90. The van der Waals surface area contributed by atoms with Gasteiger partial charge in [-0.3, -0.25) is 4.79 Å². The molecule has 0 aromatic rings. The van der Waals surface area contributed by atoms with Crippen LogP contribution in [0.4, 0.5) is 0 Å². The van der Waals surface area contributed by atoms with Gasteiger partial charge in [-0.25, -0.2) is 8.42 Å². The minimum atomic E-state index is -3.45. The molecule has 1 saturated heterocycles. The van der Waals surface area contributed by atoms with Crippen LogP contribution in [-0.4, -0.2) is 49.1 Å². The zero-order valence-corrected chi connectivity index (χ0v) is 9.75. The number of alkyl halides is 1. The molecule has 0 aromatic heterocycles. The van der Waals surface area contributed by atoms with Gasteiger partial charge in [0.1, 0.15) is 10.7 Å². The maximum Gasteiger partial charge on any atom is 0.238 e. The molecule has 1 amide bonds. The van der Waals surface area contributed by atoms with Crippen LogP contribution >= 0.6 is 15.9 Å². The standard InChI is InChI=1S/C6H11BrN2O4S/c7-4-14(11,12)9-1-2-13-3-5(9)6(8)10/h5H,1-4H2,(H2,8,10). The highest BCUT2D eigenvalue weighted by atomic mass is 79.9. The quantitative estimate of drug-likeness (QED) is 0.664. The summed E-state index contributed by atoms with van der Waals surface area (Å²) in [7, 11) is -3.45. The van der Waals surface area contributed by atoms with Gasteiger partial charge in [0.15, 0.2) is 0 Å². The fraction of sp³-hybridized carbons (Fsp3) is 0.833. The Hall–Kier alpha value is -0.180. The zero-order chi connectivity index (χ0) is 10.8. The third kappa shape index (κ3) is 2.44. The highest BCUT2D eigenvalue weighted by Gasteiger charge is 2.35. The number of hydrogen-bond acceptors (Lipinski definition) is 4. The van der Waals surface area contributed by atoms with E-state index in [0.29, 0.717) is 0 Å². The lowest BCUT2D eigenvalue weighted by atomic mass is 10.3. The van der Waals surface area contributed by atoms with E-state index < -0.39 is 22.0 Å². The second-order valence-electron chi connectivity index (χ2n) is 2.82. The van der Waals surface area contributed by atoms with Crippen molar-refractivity contribution in [2.24, 2.45) is 5.73 Å². The van der Waals surface area contributed by atoms with Gasteiger partial charge < -0.3 is 10.5 Å². The van der Waals surface area contributed by atoms with E-state index in [1.54, 1.807) is 0 Å². The van der Waals surface area contributed by atoms with E-state index in [4.69, 9.17) is 10.5 Å². The summed E-state index contributed by atoms with van der Waals surface area (Å²) in [5.41, 5.74) is 5.07. The van der Waals surface area contributed by atoms with Crippen molar-refractivity contribution in [3.05, 3.63) is 0 Å². The van der Waals surface area contributed by atoms with Crippen molar-refractivity contribution in [2.45, 2.75) is 6.04 Å². The summed E-state index contributed by atoms with van der Waals surface area (Å²) in [5, 5.41) is 0. The summed E-state index contributed by atoms with van der Waals surface area (Å²) in [6.45, 7) is 0.485. The highest BCUT2D eigenvalue weighted by Crippen LogP contribution is 2.14. The second kappa shape index (κ2) is 4.56. The lowest BCUT2D eigenvalue weighted by Crippen LogP contribution is -2.54. The number of ether oxygens (including phenoxy) is 1. The number of carbonyl (C=O) groups is 1. The molecule has 1 aliphatic heterocycles. The maximum atomic E-state index is 11.5. The van der Waals surface area contributed by atoms with Crippen LogP contribution < -0.4 is 5.73 Å². The molecule has 0 spiro atoms. The first-order valence-electron chi connectivity index (χ1n) is 3.91. The molecule has 1 rings (SSSR count). The largest absolute Gasteiger partial charge is 0.378 e. The molecule has 0 radical (unpaired) electrons. The minimum Gasteiger partial charge on any atom is -0.378 e. The Labute approximate surface area is 90.6 Å². The molecule has 1 unspecified atom stereocenters. The van der Waals surface area contributed by atoms with Gasteiger partial charge in [-0.05, 0) is 0 Å². The van der Waals surface area contributed by atoms with Crippen LogP contribution in [0.25, 0.3) is 0 Å². The van der Waals surface area contributed by atoms with Crippen molar-refractivity contribution < 1.29 is 17.9 Å². The SMILES string of the molecule is NC(=O)C1COCCN1S(=O)(=O)CBr. The first-order chi connectivity index (χ1) is 6.49. The van der Waals surface area contributed by atoms with Crippen molar-refractivity contribution in [1.82, 2.24) is 4.31 Å². The molecule has 0 bridgehead atoms. The van der Waals surface area contributed by atoms with Gasteiger partial charge in [0.05, 0.1) is 13.2 Å². The number of rotatable bonds is 3. The van der Waals surface area contributed by atoms with Crippen LogP contribution in [0, 0.1) is 0 Å². The van der Waals surface area contributed by atoms with Crippen molar-refractivity contribution >= 4 is 31.9 Å². The molecule has 0 saturated carbocycles. The lowest BCUT2D eigenvalue weighted by Gasteiger charge is -2.31. The van der Waals surface area contributed by atoms with Gasteiger partial charge in [0, 0.05) is 6.54 Å². The number of hydrogen-bond donors (Lipinski definition) is 1. The van der Waals surface area contributed by atoms with E-state index in [-0.39, 0.29) is 24.4 Å². The normalized spacial score (nSPS) is 24.8. The van der Waals surface area contributed by atoms with Crippen LogP contribution in [0.5, 0.6) is 0 Å². The Bertz CT molecular complexity index is 318. The fourth-order valence-electron chi connectivity index (χ4n) is 1.21. The molecule has 8 heteroatoms. The third-order valence-corrected chi connectivity index (χ3v) is 5.07. The van der Waals surface area contributed by atoms with E-state index in [0.717, 1.165) is 4.31 Å². The van der Waals surface area contributed by atoms with E-state index in [1.807, 2.05) is 0 Å². The molecule has 2 N–H and O–H groups in total. The van der Waals surface area contributed by atoms with Gasteiger partial charge in [-0.2, -0.15) is 4.31 Å². The van der Waals surface area contributed by atoms with Gasteiger partial charge in [0.2, 0.25) is 15.9 Å². The number of amides is 1. The number of sulfonamides is 1. The first-order valence-corrected chi connectivity index (χ1v) is 6.64. The summed E-state index contributed by atoms with van der Waals surface area (Å²) in [5.74, 6) is -0.686. The van der Waals surface area contributed by atoms with Crippen molar-refractivity contribution in [2.75, 3.05) is 24.4 Å². The molecule has 0 aliphatic carbocycles. The van der Waals surface area contributed by atoms with Gasteiger partial charge in [0.25, 0.3) is 0 Å². The molecule has 1 heterocycles. The van der Waals surface area contributed by atoms with Crippen molar-refractivity contribution in [3.8, 4) is 0 Å². The van der Waals surface area contributed by atoms with Gasteiger partial charge in [-0.15, -0.1) is 0 Å². The minimum absolute atomic E-state index is 0.0293. The smallest absolute Gasteiger partial charge is 0.238 e. The number of morpholine rings is 1. The topological polar surface area (TPSA) is 89.7 Å². The zero-order valence-electron chi connectivity index (χ0n) is 7.35. The molecular weight excluding hydrogens is 276 g/mol. The summed E-state index contributed by atoms with van der Waals surface area (Å²) in [6.07, 6.45) is 0. The van der Waals surface area contributed by atoms with Crippen LogP contribution in [0.2, 0.25) is 0 Å². The van der Waals surface area contributed by atoms with Crippen LogP contribution in [0.1, 0.15) is 0 Å². The average Bonchev–Trinajstić information content (AvgIpc) is 2.18. The van der Waals surface area contributed by atoms with Crippen molar-refractivity contribution in [1.29, 1.82) is 0 Å². The summed E-state index contributed by atoms with van der Waals surface area (Å²) >= 11 is 2.86. The highest BCUT2D eigenvalue weighted by molar-refractivity contribution is 9.10. The number of nitrogens with zero attached hydrogens (tertiary/aromatic N) is 1. The Morgan fingerprint density at radius 2 is 2.29 bits per heavy atom. The van der Waals surface area contributed by atoms with E-state index in [2.05, 4.69) is 15.9 Å². The Balaban J connectivity index is 2.88. The van der Waals surface area contributed by atoms with Crippen LogP contribution in [-0.2, 0) is 19.6 Å². The summed E-state index contributed by atoms with van der Waals surface area (Å²) in [6, 6.07) is -0.883. The van der Waals surface area contributed by atoms with Crippen LogP contribution in [0.3, 0.4) is 0 Å². The van der Waals surface area contributed by atoms with Gasteiger partial charge >= 0.3 is 0 Å². The molecule has 6 nitrogen and oxygen atoms in total. The Morgan fingerprint density at radius 1 is 1.64 bits per heavy atom. The molecule has 14 heavy (non-hydrogen) atoms. The number of halogens is 1. The monoisotopic (exact) mass is 286 g/mol. The van der Waals surface area contributed by atoms with Gasteiger partial charge in [-0.1, -0.05) is 15.9 Å². The van der Waals surface area contributed by atoms with Crippen molar-refractivity contribution in [3.63, 3.8) is 0 Å². The van der Waals surface area contributed by atoms with Crippen LogP contribution in [0.15, 0.2) is 0 Å². The second-order valence-corrected chi connectivity index (χ2v) is 6.05. The summed E-state index contributed by atoms with van der Waals surface area (Å²) < 4.78 is 28.8. The molecule has 82 valence electrons. The predicted molar refractivity (Wildman–Crippen MR) is 53.2 cm³/mol. The molecule has 0 aromatic carbocycles. The molecule has 1 fully saturated rings. The van der Waals surface area contributed by atoms with E-state index >= 15 is 0 Å². The lowest BCUT2D eigenvalue weighted by molar-refractivity contribution is -0.125. The number of nitrogens with two attached hydrogens (primary N) is 1. The van der Waals surface area contributed by atoms with E-state index in [9.17, 15) is 13.2 Å². The predicted octanol–water partition coefficient (Wildman–Crippen LogP) is -1.15. The molecule has 1 atom stereocenters. The Kier molecular flexibility index (Phi) is 3.87. The van der Waals surface area contributed by atoms with E-state index in [1.165, 1.54) is 0 Å².